The first-order chi connectivity index (χ1) is 7.74. The lowest BCUT2D eigenvalue weighted by Gasteiger charge is -2.25. The Balaban J connectivity index is 3.17. The summed E-state index contributed by atoms with van der Waals surface area (Å²) in [6.07, 6.45) is 0. The summed E-state index contributed by atoms with van der Waals surface area (Å²) in [4.78, 5) is 11.5. The Labute approximate surface area is 110 Å². The first-order valence-electron chi connectivity index (χ1n) is 4.91. The van der Waals surface area contributed by atoms with E-state index in [4.69, 9.17) is 35.3 Å². The second-order valence-corrected chi connectivity index (χ2v) is 5.04. The van der Waals surface area contributed by atoms with Crippen molar-refractivity contribution in [3.8, 4) is 0 Å². The predicted molar refractivity (Wildman–Crippen MR) is 74.2 cm³/mol. The monoisotopic (exact) mass is 271 g/mol. The number of amides is 1. The number of rotatable bonds is 4. The normalized spacial score (nSPS) is 11.0. The van der Waals surface area contributed by atoms with Crippen molar-refractivity contribution in [1.29, 1.82) is 0 Å². The van der Waals surface area contributed by atoms with Gasteiger partial charge in [0, 0.05) is 16.3 Å². The number of hydrogen-bond donors (Lipinski definition) is 3. The van der Waals surface area contributed by atoms with Gasteiger partial charge in [0.2, 0.25) is 5.91 Å². The third-order valence-electron chi connectivity index (χ3n) is 2.31. The zero-order chi connectivity index (χ0) is 13.2. The average molecular weight is 272 g/mol. The van der Waals surface area contributed by atoms with Crippen LogP contribution in [-0.4, -0.2) is 16.4 Å². The van der Waals surface area contributed by atoms with Crippen molar-refractivity contribution >= 4 is 40.4 Å². The number of carbonyl (C=O) groups is 1. The van der Waals surface area contributed by atoms with E-state index in [2.05, 4.69) is 5.32 Å². The summed E-state index contributed by atoms with van der Waals surface area (Å²) in [6.45, 7) is 3.33. The summed E-state index contributed by atoms with van der Waals surface area (Å²) in [5, 5.41) is 3.50. The molecule has 0 aliphatic heterocycles. The fourth-order valence-electron chi connectivity index (χ4n) is 1.23. The average Bonchev–Trinajstić information content (AvgIpc) is 2.15. The summed E-state index contributed by atoms with van der Waals surface area (Å²) in [7, 11) is 0. The maximum atomic E-state index is 11.3. The third kappa shape index (κ3) is 3.31. The topological polar surface area (TPSA) is 81.1 Å². The van der Waals surface area contributed by atoms with Crippen molar-refractivity contribution in [1.82, 2.24) is 0 Å². The van der Waals surface area contributed by atoms with Crippen molar-refractivity contribution < 1.29 is 4.79 Å². The van der Waals surface area contributed by atoms with Crippen LogP contribution in [0, 0.1) is 0 Å². The summed E-state index contributed by atoms with van der Waals surface area (Å²) in [6, 6.07) is 5.03. The number of primary amides is 1. The summed E-state index contributed by atoms with van der Waals surface area (Å²) >= 11 is 10.8. The molecule has 6 heteroatoms. The Kier molecular flexibility index (Phi) is 3.95. The lowest BCUT2D eigenvalue weighted by atomic mass is 10.0. The van der Waals surface area contributed by atoms with Crippen LogP contribution in [0.15, 0.2) is 18.2 Å². The number of halogens is 1. The molecule has 1 amide bonds. The van der Waals surface area contributed by atoms with Gasteiger partial charge in [-0.15, -0.1) is 0 Å². The number of hydrogen-bond acceptors (Lipinski definition) is 3. The Hall–Kier alpha value is -1.33. The minimum atomic E-state index is -0.912. The summed E-state index contributed by atoms with van der Waals surface area (Å²) in [5.74, 6) is -0.480. The zero-order valence-electron chi connectivity index (χ0n) is 9.58. The zero-order valence-corrected chi connectivity index (χ0v) is 11.2. The molecule has 0 unspecified atom stereocenters. The van der Waals surface area contributed by atoms with Gasteiger partial charge < -0.3 is 16.8 Å². The predicted octanol–water partition coefficient (Wildman–Crippen LogP) is 1.65. The van der Waals surface area contributed by atoms with Crippen LogP contribution in [0.1, 0.15) is 19.4 Å². The van der Waals surface area contributed by atoms with Crippen LogP contribution in [0.25, 0.3) is 0 Å². The maximum Gasteiger partial charge on any atom is 0.242 e. The molecule has 0 aliphatic carbocycles. The van der Waals surface area contributed by atoms with E-state index in [0.717, 1.165) is 0 Å². The highest BCUT2D eigenvalue weighted by molar-refractivity contribution is 7.80. The van der Waals surface area contributed by atoms with Crippen molar-refractivity contribution in [3.63, 3.8) is 0 Å². The molecule has 0 spiro atoms. The molecule has 0 saturated carbocycles. The molecule has 0 fully saturated rings. The van der Waals surface area contributed by atoms with E-state index in [1.165, 1.54) is 0 Å². The Morgan fingerprint density at radius 1 is 1.41 bits per heavy atom. The van der Waals surface area contributed by atoms with E-state index < -0.39 is 11.4 Å². The number of benzene rings is 1. The molecule has 1 aromatic carbocycles. The SMILES string of the molecule is CC(C)(Nc1cc(Cl)ccc1C(N)=S)C(N)=O. The van der Waals surface area contributed by atoms with Crippen LogP contribution in [0.4, 0.5) is 5.69 Å². The van der Waals surface area contributed by atoms with Gasteiger partial charge in [-0.25, -0.2) is 0 Å². The highest BCUT2D eigenvalue weighted by atomic mass is 35.5. The van der Waals surface area contributed by atoms with E-state index in [1.54, 1.807) is 32.0 Å². The minimum Gasteiger partial charge on any atom is -0.389 e. The van der Waals surface area contributed by atoms with Gasteiger partial charge in [-0.1, -0.05) is 23.8 Å². The van der Waals surface area contributed by atoms with Gasteiger partial charge in [-0.2, -0.15) is 0 Å². The number of nitrogens with one attached hydrogen (secondary N) is 1. The molecule has 0 bridgehead atoms. The number of anilines is 1. The number of nitrogens with two attached hydrogens (primary N) is 2. The first kappa shape index (κ1) is 13.7. The molecule has 4 nitrogen and oxygen atoms in total. The summed E-state index contributed by atoms with van der Waals surface area (Å²) < 4.78 is 0. The van der Waals surface area contributed by atoms with Crippen LogP contribution in [0.3, 0.4) is 0 Å². The Bertz CT molecular complexity index is 474. The highest BCUT2D eigenvalue weighted by Gasteiger charge is 2.25. The van der Waals surface area contributed by atoms with Crippen LogP contribution in [-0.2, 0) is 4.79 Å². The highest BCUT2D eigenvalue weighted by Crippen LogP contribution is 2.24. The van der Waals surface area contributed by atoms with Gasteiger partial charge in [0.05, 0.1) is 0 Å². The second kappa shape index (κ2) is 4.89. The molecule has 0 radical (unpaired) electrons. The smallest absolute Gasteiger partial charge is 0.242 e. The van der Waals surface area contributed by atoms with Crippen molar-refractivity contribution in [2.45, 2.75) is 19.4 Å². The molecule has 92 valence electrons. The molecule has 1 rings (SSSR count). The van der Waals surface area contributed by atoms with Gasteiger partial charge in [0.1, 0.15) is 10.5 Å². The quantitative estimate of drug-likeness (QED) is 0.728. The third-order valence-corrected chi connectivity index (χ3v) is 2.77. The van der Waals surface area contributed by atoms with Gasteiger partial charge in [-0.3, -0.25) is 4.79 Å². The van der Waals surface area contributed by atoms with Crippen LogP contribution in [0.2, 0.25) is 5.02 Å². The van der Waals surface area contributed by atoms with E-state index in [9.17, 15) is 4.79 Å². The van der Waals surface area contributed by atoms with E-state index in [1.807, 2.05) is 0 Å². The van der Waals surface area contributed by atoms with Gasteiger partial charge in [-0.05, 0) is 32.0 Å². The van der Waals surface area contributed by atoms with Crippen molar-refractivity contribution in [3.05, 3.63) is 28.8 Å². The van der Waals surface area contributed by atoms with Crippen LogP contribution >= 0.6 is 23.8 Å². The van der Waals surface area contributed by atoms with Crippen LogP contribution < -0.4 is 16.8 Å². The van der Waals surface area contributed by atoms with Crippen LogP contribution in [0.5, 0.6) is 0 Å². The molecule has 17 heavy (non-hydrogen) atoms. The van der Waals surface area contributed by atoms with Crippen molar-refractivity contribution in [2.75, 3.05) is 5.32 Å². The van der Waals surface area contributed by atoms with E-state index >= 15 is 0 Å². The van der Waals surface area contributed by atoms with E-state index in [0.29, 0.717) is 16.3 Å². The molecule has 1 aromatic rings. The lowest BCUT2D eigenvalue weighted by molar-refractivity contribution is -0.121. The number of carbonyl (C=O) groups excluding carboxylic acids is 1. The molecule has 0 aliphatic rings. The molecular weight excluding hydrogens is 258 g/mol. The Morgan fingerprint density at radius 3 is 2.47 bits per heavy atom. The Morgan fingerprint density at radius 2 is 2.00 bits per heavy atom. The standard InChI is InChI=1S/C11H14ClN3OS/c1-11(2,10(14)16)15-8-5-6(12)3-4-7(8)9(13)17/h3-5,15H,1-2H3,(H2,13,17)(H2,14,16). The number of thiocarbonyl (C=S) groups is 1. The van der Waals surface area contributed by atoms with Gasteiger partial charge in [0.15, 0.2) is 0 Å². The fourth-order valence-corrected chi connectivity index (χ4v) is 1.58. The molecule has 0 saturated heterocycles. The molecule has 5 N–H and O–H groups in total. The minimum absolute atomic E-state index is 0.226. The maximum absolute atomic E-state index is 11.3. The molecular formula is C11H14ClN3OS. The summed E-state index contributed by atoms with van der Waals surface area (Å²) in [5.41, 5.74) is 11.2. The largest absolute Gasteiger partial charge is 0.389 e. The lowest BCUT2D eigenvalue weighted by Crippen LogP contribution is -2.45. The van der Waals surface area contributed by atoms with Crippen molar-refractivity contribution in [2.24, 2.45) is 11.5 Å². The first-order valence-corrected chi connectivity index (χ1v) is 5.70. The van der Waals surface area contributed by atoms with Gasteiger partial charge >= 0.3 is 0 Å². The molecule has 0 atom stereocenters. The second-order valence-electron chi connectivity index (χ2n) is 4.17. The fraction of sp³-hybridized carbons (Fsp3) is 0.273. The van der Waals surface area contributed by atoms with Gasteiger partial charge in [0.25, 0.3) is 0 Å². The van der Waals surface area contributed by atoms with E-state index in [-0.39, 0.29) is 4.99 Å². The molecule has 0 aromatic heterocycles. The molecule has 0 heterocycles.